The number of halogens is 5. The Kier molecular flexibility index (Phi) is 4.42. The van der Waals surface area contributed by atoms with E-state index in [1.54, 1.807) is 0 Å². The molecule has 0 aliphatic rings. The molecule has 1 unspecified atom stereocenters. The van der Waals surface area contributed by atoms with Gasteiger partial charge in [0.05, 0.1) is 6.04 Å². The van der Waals surface area contributed by atoms with Crippen LogP contribution >= 0.6 is 27.5 Å². The molecule has 0 amide bonds. The lowest BCUT2D eigenvalue weighted by atomic mass is 9.97. The highest BCUT2D eigenvalue weighted by Crippen LogP contribution is 2.32. The maximum atomic E-state index is 13.9. The first-order valence-corrected chi connectivity index (χ1v) is 6.84. The quantitative estimate of drug-likeness (QED) is 0.808. The Hall–Kier alpha value is -1.04. The summed E-state index contributed by atoms with van der Waals surface area (Å²) >= 11 is 8.90. The molecule has 106 valence electrons. The average molecular weight is 365 g/mol. The van der Waals surface area contributed by atoms with Gasteiger partial charge in [0.1, 0.15) is 17.5 Å². The first kappa shape index (κ1) is 15.4. The van der Waals surface area contributed by atoms with Crippen LogP contribution in [0.4, 0.5) is 13.2 Å². The molecule has 0 heterocycles. The van der Waals surface area contributed by atoms with Gasteiger partial charge in [-0.15, -0.1) is 0 Å². The Morgan fingerprint density at radius 3 is 2.15 bits per heavy atom. The van der Waals surface area contributed by atoms with Gasteiger partial charge in [-0.05, 0) is 42.3 Å². The molecule has 2 N–H and O–H groups in total. The van der Waals surface area contributed by atoms with Crippen molar-refractivity contribution in [3.05, 3.63) is 67.9 Å². The lowest BCUT2D eigenvalue weighted by Gasteiger charge is -2.17. The van der Waals surface area contributed by atoms with E-state index in [2.05, 4.69) is 15.9 Å². The summed E-state index contributed by atoms with van der Waals surface area (Å²) in [6.45, 7) is 1.52. The number of rotatable bonds is 2. The minimum Gasteiger partial charge on any atom is -0.320 e. The van der Waals surface area contributed by atoms with Crippen LogP contribution in [0.25, 0.3) is 0 Å². The van der Waals surface area contributed by atoms with E-state index in [0.717, 1.165) is 18.2 Å². The van der Waals surface area contributed by atoms with Crippen LogP contribution in [0.1, 0.15) is 22.7 Å². The fourth-order valence-electron chi connectivity index (χ4n) is 1.92. The van der Waals surface area contributed by atoms with Crippen LogP contribution in [0, 0.1) is 24.4 Å². The number of benzene rings is 2. The highest BCUT2D eigenvalue weighted by atomic mass is 79.9. The first-order chi connectivity index (χ1) is 9.31. The third-order valence-electron chi connectivity index (χ3n) is 2.97. The van der Waals surface area contributed by atoms with Crippen molar-refractivity contribution in [2.75, 3.05) is 0 Å². The van der Waals surface area contributed by atoms with Gasteiger partial charge >= 0.3 is 0 Å². The van der Waals surface area contributed by atoms with E-state index >= 15 is 0 Å². The van der Waals surface area contributed by atoms with Crippen molar-refractivity contribution < 1.29 is 13.2 Å². The third-order valence-corrected chi connectivity index (χ3v) is 3.75. The van der Waals surface area contributed by atoms with Crippen molar-refractivity contribution >= 4 is 27.5 Å². The van der Waals surface area contributed by atoms with Gasteiger partial charge in [0.2, 0.25) is 0 Å². The van der Waals surface area contributed by atoms with Gasteiger partial charge in [-0.2, -0.15) is 0 Å². The standard InChI is InChI=1S/C14H10BrClF3N/c1-6-2-8(9(16)5-10(6)17)14(20)13-11(18)3-7(15)4-12(13)19/h2-5,14H,20H2,1H3. The molecule has 2 aromatic carbocycles. The van der Waals surface area contributed by atoms with Crippen molar-refractivity contribution in [2.45, 2.75) is 13.0 Å². The van der Waals surface area contributed by atoms with Crippen molar-refractivity contribution in [3.8, 4) is 0 Å². The van der Waals surface area contributed by atoms with Crippen molar-refractivity contribution in [3.63, 3.8) is 0 Å². The largest absolute Gasteiger partial charge is 0.320 e. The topological polar surface area (TPSA) is 26.0 Å². The zero-order valence-electron chi connectivity index (χ0n) is 10.4. The Balaban J connectivity index is 2.57. The predicted octanol–water partition coefficient (Wildman–Crippen LogP) is 4.88. The van der Waals surface area contributed by atoms with E-state index in [9.17, 15) is 13.2 Å². The lowest BCUT2D eigenvalue weighted by molar-refractivity contribution is 0.541. The molecule has 0 aliphatic carbocycles. The summed E-state index contributed by atoms with van der Waals surface area (Å²) in [5, 5.41) is 0.0299. The van der Waals surface area contributed by atoms with Crippen LogP contribution in [-0.2, 0) is 0 Å². The fraction of sp³-hybridized carbons (Fsp3) is 0.143. The molecule has 0 radical (unpaired) electrons. The highest BCUT2D eigenvalue weighted by molar-refractivity contribution is 9.10. The van der Waals surface area contributed by atoms with Crippen molar-refractivity contribution in [1.82, 2.24) is 0 Å². The second-order valence-electron chi connectivity index (χ2n) is 4.38. The zero-order chi connectivity index (χ0) is 15.0. The van der Waals surface area contributed by atoms with Gasteiger partial charge < -0.3 is 5.73 Å². The Morgan fingerprint density at radius 1 is 1.05 bits per heavy atom. The van der Waals surface area contributed by atoms with Crippen molar-refractivity contribution in [1.29, 1.82) is 0 Å². The molecular weight excluding hydrogens is 355 g/mol. The first-order valence-electron chi connectivity index (χ1n) is 5.66. The molecule has 1 nitrogen and oxygen atoms in total. The van der Waals surface area contributed by atoms with E-state index in [4.69, 9.17) is 17.3 Å². The maximum Gasteiger partial charge on any atom is 0.132 e. The Morgan fingerprint density at radius 2 is 1.60 bits per heavy atom. The Bertz CT molecular complexity index is 653. The van der Waals surface area contributed by atoms with Crippen LogP contribution in [-0.4, -0.2) is 0 Å². The molecule has 0 bridgehead atoms. The van der Waals surface area contributed by atoms with E-state index in [1.165, 1.54) is 13.0 Å². The Labute approximate surface area is 127 Å². The van der Waals surface area contributed by atoms with Gasteiger partial charge in [0.25, 0.3) is 0 Å². The molecule has 1 atom stereocenters. The zero-order valence-corrected chi connectivity index (χ0v) is 12.7. The smallest absolute Gasteiger partial charge is 0.132 e. The van der Waals surface area contributed by atoms with Gasteiger partial charge in [-0.25, -0.2) is 13.2 Å². The highest BCUT2D eigenvalue weighted by Gasteiger charge is 2.22. The van der Waals surface area contributed by atoms with Gasteiger partial charge in [0, 0.05) is 15.1 Å². The molecule has 0 saturated carbocycles. The molecular formula is C14H10BrClF3N. The van der Waals surface area contributed by atoms with Crippen molar-refractivity contribution in [2.24, 2.45) is 5.73 Å². The second-order valence-corrected chi connectivity index (χ2v) is 5.71. The van der Waals surface area contributed by atoms with E-state index < -0.39 is 23.5 Å². The summed E-state index contributed by atoms with van der Waals surface area (Å²) in [7, 11) is 0. The molecule has 2 aromatic rings. The molecule has 0 saturated heterocycles. The normalized spacial score (nSPS) is 12.6. The van der Waals surface area contributed by atoms with E-state index in [0.29, 0.717) is 5.56 Å². The van der Waals surface area contributed by atoms with Crippen LogP contribution in [0.3, 0.4) is 0 Å². The molecule has 2 rings (SSSR count). The van der Waals surface area contributed by atoms with E-state index in [1.807, 2.05) is 0 Å². The summed E-state index contributed by atoms with van der Waals surface area (Å²) in [6.07, 6.45) is 0. The van der Waals surface area contributed by atoms with Crippen LogP contribution in [0.15, 0.2) is 28.7 Å². The molecule has 0 fully saturated rings. The fourth-order valence-corrected chi connectivity index (χ4v) is 2.59. The third kappa shape index (κ3) is 2.85. The predicted molar refractivity (Wildman–Crippen MR) is 76.2 cm³/mol. The average Bonchev–Trinajstić information content (AvgIpc) is 2.32. The minimum absolute atomic E-state index is 0.0299. The summed E-state index contributed by atoms with van der Waals surface area (Å²) in [5.74, 6) is -2.08. The molecule has 6 heteroatoms. The van der Waals surface area contributed by atoms with Crippen LogP contribution in [0.5, 0.6) is 0 Å². The van der Waals surface area contributed by atoms with Gasteiger partial charge in [-0.3, -0.25) is 0 Å². The summed E-state index contributed by atoms with van der Waals surface area (Å²) in [4.78, 5) is 0. The van der Waals surface area contributed by atoms with Gasteiger partial charge in [-0.1, -0.05) is 27.5 Å². The summed E-state index contributed by atoms with van der Waals surface area (Å²) in [5.41, 5.74) is 6.15. The number of nitrogens with two attached hydrogens (primary N) is 1. The van der Waals surface area contributed by atoms with Crippen LogP contribution < -0.4 is 5.73 Å². The van der Waals surface area contributed by atoms with Gasteiger partial charge in [0.15, 0.2) is 0 Å². The number of aryl methyl sites for hydroxylation is 1. The summed E-state index contributed by atoms with van der Waals surface area (Å²) in [6, 6.07) is 3.59. The second kappa shape index (κ2) is 5.76. The van der Waals surface area contributed by atoms with Crippen LogP contribution in [0.2, 0.25) is 5.02 Å². The minimum atomic E-state index is -1.12. The lowest BCUT2D eigenvalue weighted by Crippen LogP contribution is -2.16. The molecule has 0 spiro atoms. The SMILES string of the molecule is Cc1cc(C(N)c2c(F)cc(Br)cc2F)c(Cl)cc1F. The monoisotopic (exact) mass is 363 g/mol. The maximum absolute atomic E-state index is 13.9. The summed E-state index contributed by atoms with van der Waals surface area (Å²) < 4.78 is 41.4. The molecule has 20 heavy (non-hydrogen) atoms. The van der Waals surface area contributed by atoms with E-state index in [-0.39, 0.29) is 20.6 Å². The number of hydrogen-bond acceptors (Lipinski definition) is 1. The number of hydrogen-bond donors (Lipinski definition) is 1. The molecule has 0 aliphatic heterocycles. The molecule has 0 aromatic heterocycles.